The lowest BCUT2D eigenvalue weighted by atomic mass is 10.0. The summed E-state index contributed by atoms with van der Waals surface area (Å²) < 4.78 is 5.84. The summed E-state index contributed by atoms with van der Waals surface area (Å²) in [6.45, 7) is 3.43. The second-order valence-corrected chi connectivity index (χ2v) is 5.85. The van der Waals surface area contributed by atoms with E-state index in [0.29, 0.717) is 19.1 Å². The monoisotopic (exact) mass is 288 g/mol. The summed E-state index contributed by atoms with van der Waals surface area (Å²) in [5, 5.41) is 3.32. The number of ether oxygens (including phenoxy) is 1. The quantitative estimate of drug-likeness (QED) is 0.923. The number of anilines is 1. The highest BCUT2D eigenvalue weighted by atomic mass is 16.5. The van der Waals surface area contributed by atoms with Crippen LogP contribution in [0.15, 0.2) is 24.3 Å². The van der Waals surface area contributed by atoms with Crippen molar-refractivity contribution in [2.45, 2.75) is 38.2 Å². The minimum Gasteiger partial charge on any atom is -0.378 e. The SMILES string of the molecule is O=C(CCOC1CCNCC1)N1CCCc2ccccc21. The summed E-state index contributed by atoms with van der Waals surface area (Å²) >= 11 is 0. The van der Waals surface area contributed by atoms with Crippen LogP contribution in [0.1, 0.15) is 31.2 Å². The number of aryl methyl sites for hydroxylation is 1. The number of hydrogen-bond donors (Lipinski definition) is 1. The summed E-state index contributed by atoms with van der Waals surface area (Å²) in [7, 11) is 0. The van der Waals surface area contributed by atoms with Crippen LogP contribution < -0.4 is 10.2 Å². The van der Waals surface area contributed by atoms with Gasteiger partial charge in [-0.25, -0.2) is 0 Å². The standard InChI is InChI=1S/C17H24N2O2/c20-17(9-13-21-15-7-10-18-11-8-15)19-12-3-5-14-4-1-2-6-16(14)19/h1-2,4,6,15,18H,3,5,7-13H2. The van der Waals surface area contributed by atoms with E-state index in [1.807, 2.05) is 17.0 Å². The molecule has 0 radical (unpaired) electrons. The maximum atomic E-state index is 12.4. The summed E-state index contributed by atoms with van der Waals surface area (Å²) in [5.74, 6) is 0.191. The van der Waals surface area contributed by atoms with Crippen LogP contribution in [0, 0.1) is 0 Å². The molecule has 2 aliphatic heterocycles. The molecular formula is C17H24N2O2. The first-order valence-electron chi connectivity index (χ1n) is 8.05. The van der Waals surface area contributed by atoms with Crippen molar-refractivity contribution in [3.63, 3.8) is 0 Å². The van der Waals surface area contributed by atoms with Gasteiger partial charge in [-0.1, -0.05) is 18.2 Å². The second kappa shape index (κ2) is 7.05. The van der Waals surface area contributed by atoms with Gasteiger partial charge in [0.1, 0.15) is 0 Å². The normalized spacial score (nSPS) is 19.3. The van der Waals surface area contributed by atoms with Crippen molar-refractivity contribution in [2.24, 2.45) is 0 Å². The van der Waals surface area contributed by atoms with Crippen molar-refractivity contribution in [3.05, 3.63) is 29.8 Å². The molecule has 1 fully saturated rings. The minimum absolute atomic E-state index is 0.191. The number of nitrogens with one attached hydrogen (secondary N) is 1. The third kappa shape index (κ3) is 3.63. The molecule has 0 spiro atoms. The van der Waals surface area contributed by atoms with Crippen molar-refractivity contribution in [1.29, 1.82) is 0 Å². The van der Waals surface area contributed by atoms with E-state index in [1.54, 1.807) is 0 Å². The van der Waals surface area contributed by atoms with Crippen LogP contribution in [-0.4, -0.2) is 38.3 Å². The van der Waals surface area contributed by atoms with E-state index in [9.17, 15) is 4.79 Å². The van der Waals surface area contributed by atoms with Crippen LogP contribution in [0.25, 0.3) is 0 Å². The number of hydrogen-bond acceptors (Lipinski definition) is 3. The first kappa shape index (κ1) is 14.5. The van der Waals surface area contributed by atoms with E-state index >= 15 is 0 Å². The average Bonchev–Trinajstić information content (AvgIpc) is 2.55. The Hall–Kier alpha value is -1.39. The molecule has 2 aliphatic rings. The molecule has 4 heteroatoms. The molecule has 0 aromatic heterocycles. The molecule has 0 unspecified atom stereocenters. The number of fused-ring (bicyclic) bond motifs is 1. The summed E-state index contributed by atoms with van der Waals surface area (Å²) in [5.41, 5.74) is 2.38. The Bertz CT molecular complexity index is 483. The van der Waals surface area contributed by atoms with Gasteiger partial charge < -0.3 is 15.0 Å². The van der Waals surface area contributed by atoms with Gasteiger partial charge >= 0.3 is 0 Å². The molecule has 0 aliphatic carbocycles. The van der Waals surface area contributed by atoms with Crippen LogP contribution in [0.3, 0.4) is 0 Å². The van der Waals surface area contributed by atoms with E-state index in [1.165, 1.54) is 5.56 Å². The van der Waals surface area contributed by atoms with Crippen LogP contribution in [0.4, 0.5) is 5.69 Å². The number of carbonyl (C=O) groups excluding carboxylic acids is 1. The molecule has 4 nitrogen and oxygen atoms in total. The van der Waals surface area contributed by atoms with E-state index in [0.717, 1.165) is 51.0 Å². The third-order valence-corrected chi connectivity index (χ3v) is 4.37. The maximum absolute atomic E-state index is 12.4. The molecule has 3 rings (SSSR count). The van der Waals surface area contributed by atoms with Gasteiger partial charge in [-0.2, -0.15) is 0 Å². The largest absolute Gasteiger partial charge is 0.378 e. The number of piperidine rings is 1. The zero-order chi connectivity index (χ0) is 14.5. The molecule has 21 heavy (non-hydrogen) atoms. The van der Waals surface area contributed by atoms with Crippen LogP contribution in [0.5, 0.6) is 0 Å². The highest BCUT2D eigenvalue weighted by Crippen LogP contribution is 2.27. The van der Waals surface area contributed by atoms with Crippen molar-refractivity contribution < 1.29 is 9.53 Å². The summed E-state index contributed by atoms with van der Waals surface area (Å²) in [4.78, 5) is 14.4. The van der Waals surface area contributed by atoms with Crippen molar-refractivity contribution in [1.82, 2.24) is 5.32 Å². The molecule has 1 aromatic rings. The fourth-order valence-electron chi connectivity index (χ4n) is 3.20. The van der Waals surface area contributed by atoms with Gasteiger partial charge in [0, 0.05) is 12.2 Å². The zero-order valence-corrected chi connectivity index (χ0v) is 12.5. The molecule has 1 aromatic carbocycles. The molecule has 2 heterocycles. The Morgan fingerprint density at radius 3 is 2.95 bits per heavy atom. The molecule has 0 saturated carbocycles. The van der Waals surface area contributed by atoms with E-state index < -0.39 is 0 Å². The summed E-state index contributed by atoms with van der Waals surface area (Å²) in [6, 6.07) is 8.24. The fraction of sp³-hybridized carbons (Fsp3) is 0.588. The van der Waals surface area contributed by atoms with E-state index in [4.69, 9.17) is 4.74 Å². The van der Waals surface area contributed by atoms with Gasteiger partial charge in [0.25, 0.3) is 0 Å². The van der Waals surface area contributed by atoms with Crippen molar-refractivity contribution in [2.75, 3.05) is 31.1 Å². The number of amides is 1. The van der Waals surface area contributed by atoms with Gasteiger partial charge in [-0.05, 0) is 50.4 Å². The molecular weight excluding hydrogens is 264 g/mol. The molecule has 1 N–H and O–H groups in total. The number of rotatable bonds is 4. The first-order chi connectivity index (χ1) is 10.3. The Labute approximate surface area is 126 Å². The topological polar surface area (TPSA) is 41.6 Å². The van der Waals surface area contributed by atoms with E-state index in [2.05, 4.69) is 17.4 Å². The first-order valence-corrected chi connectivity index (χ1v) is 8.05. The number of nitrogens with zero attached hydrogens (tertiary/aromatic N) is 1. The maximum Gasteiger partial charge on any atom is 0.229 e. The number of para-hydroxylation sites is 1. The minimum atomic E-state index is 0.191. The highest BCUT2D eigenvalue weighted by Gasteiger charge is 2.22. The summed E-state index contributed by atoms with van der Waals surface area (Å²) in [6.07, 6.45) is 5.05. The van der Waals surface area contributed by atoms with Gasteiger partial charge in [-0.3, -0.25) is 4.79 Å². The lowest BCUT2D eigenvalue weighted by Gasteiger charge is -2.30. The Kier molecular flexibility index (Phi) is 4.88. The average molecular weight is 288 g/mol. The predicted molar refractivity (Wildman–Crippen MR) is 83.6 cm³/mol. The Balaban J connectivity index is 1.51. The molecule has 1 amide bonds. The van der Waals surface area contributed by atoms with Crippen LogP contribution >= 0.6 is 0 Å². The van der Waals surface area contributed by atoms with Crippen LogP contribution in [0.2, 0.25) is 0 Å². The Morgan fingerprint density at radius 1 is 1.29 bits per heavy atom. The zero-order valence-electron chi connectivity index (χ0n) is 12.5. The molecule has 114 valence electrons. The van der Waals surface area contributed by atoms with Crippen LogP contribution in [-0.2, 0) is 16.0 Å². The highest BCUT2D eigenvalue weighted by molar-refractivity contribution is 5.94. The van der Waals surface area contributed by atoms with Crippen molar-refractivity contribution in [3.8, 4) is 0 Å². The lowest BCUT2D eigenvalue weighted by molar-refractivity contribution is -0.120. The third-order valence-electron chi connectivity index (χ3n) is 4.37. The van der Waals surface area contributed by atoms with Gasteiger partial charge in [-0.15, -0.1) is 0 Å². The Morgan fingerprint density at radius 2 is 2.10 bits per heavy atom. The molecule has 1 saturated heterocycles. The van der Waals surface area contributed by atoms with Gasteiger partial charge in [0.15, 0.2) is 0 Å². The van der Waals surface area contributed by atoms with Crippen molar-refractivity contribution >= 4 is 11.6 Å². The number of benzene rings is 1. The molecule has 0 bridgehead atoms. The fourth-order valence-corrected chi connectivity index (χ4v) is 3.20. The lowest BCUT2D eigenvalue weighted by Crippen LogP contribution is -2.37. The molecule has 0 atom stereocenters. The predicted octanol–water partition coefficient (Wildman–Crippen LogP) is 2.12. The number of carbonyl (C=O) groups is 1. The van der Waals surface area contributed by atoms with Gasteiger partial charge in [0.05, 0.1) is 19.1 Å². The van der Waals surface area contributed by atoms with E-state index in [-0.39, 0.29) is 5.91 Å². The smallest absolute Gasteiger partial charge is 0.229 e. The second-order valence-electron chi connectivity index (χ2n) is 5.85. The van der Waals surface area contributed by atoms with Gasteiger partial charge in [0.2, 0.25) is 5.91 Å².